The van der Waals surface area contributed by atoms with Crippen LogP contribution in [0.1, 0.15) is 33.1 Å². The Morgan fingerprint density at radius 2 is 1.94 bits per heavy atom. The Morgan fingerprint density at radius 1 is 1.12 bits per heavy atom. The molecule has 0 spiro atoms. The van der Waals surface area contributed by atoms with E-state index in [0.717, 1.165) is 49.5 Å². The zero-order valence-electron chi connectivity index (χ0n) is 20.2. The van der Waals surface area contributed by atoms with Crippen LogP contribution in [0.3, 0.4) is 0 Å². The van der Waals surface area contributed by atoms with Gasteiger partial charge in [0.2, 0.25) is 0 Å². The maximum absolute atomic E-state index is 13.5. The number of hydrogen-bond acceptors (Lipinski definition) is 5. The number of nitrogens with one attached hydrogen (secondary N) is 1. The van der Waals surface area contributed by atoms with E-state index in [1.807, 2.05) is 13.2 Å². The molecule has 8 heteroatoms. The minimum absolute atomic E-state index is 0.00213. The van der Waals surface area contributed by atoms with Crippen LogP contribution in [-0.4, -0.2) is 53.0 Å². The van der Waals surface area contributed by atoms with Crippen molar-refractivity contribution in [3.8, 4) is 11.3 Å². The molecule has 34 heavy (non-hydrogen) atoms. The van der Waals surface area contributed by atoms with Gasteiger partial charge in [0.1, 0.15) is 0 Å². The number of pyridine rings is 1. The summed E-state index contributed by atoms with van der Waals surface area (Å²) < 4.78 is 1.68. The molecule has 3 aromatic rings. The molecule has 178 valence electrons. The number of urea groups is 1. The van der Waals surface area contributed by atoms with Gasteiger partial charge in [-0.1, -0.05) is 12.1 Å². The molecule has 8 nitrogen and oxygen atoms in total. The summed E-state index contributed by atoms with van der Waals surface area (Å²) >= 11 is 0. The minimum atomic E-state index is -0.208. The van der Waals surface area contributed by atoms with Gasteiger partial charge in [-0.05, 0) is 57.4 Å². The number of rotatable bonds is 4. The van der Waals surface area contributed by atoms with E-state index in [1.165, 1.54) is 18.5 Å². The normalized spacial score (nSPS) is 18.1. The van der Waals surface area contributed by atoms with Gasteiger partial charge in [0.05, 0.1) is 11.4 Å². The number of benzene rings is 1. The topological polar surface area (TPSA) is 69.5 Å². The molecule has 0 saturated carbocycles. The van der Waals surface area contributed by atoms with Crippen LogP contribution in [0.15, 0.2) is 48.7 Å². The highest BCUT2D eigenvalue weighted by atomic mass is 16.2. The number of hydrogen-bond donors (Lipinski definition) is 1. The van der Waals surface area contributed by atoms with Gasteiger partial charge in [-0.15, -0.1) is 0 Å². The van der Waals surface area contributed by atoms with E-state index >= 15 is 0 Å². The number of anilines is 4. The van der Waals surface area contributed by atoms with Crippen molar-refractivity contribution < 1.29 is 4.79 Å². The number of amides is 2. The zero-order valence-corrected chi connectivity index (χ0v) is 20.2. The predicted octanol–water partition coefficient (Wildman–Crippen LogP) is 4.74. The Balaban J connectivity index is 1.53. The van der Waals surface area contributed by atoms with Crippen LogP contribution in [0, 0.1) is 0 Å². The van der Waals surface area contributed by atoms with Crippen molar-refractivity contribution in [3.63, 3.8) is 0 Å². The lowest BCUT2D eigenvalue weighted by Crippen LogP contribution is -2.42. The summed E-state index contributed by atoms with van der Waals surface area (Å²) in [5.41, 5.74) is 4.17. The van der Waals surface area contributed by atoms with Gasteiger partial charge in [-0.3, -0.25) is 14.9 Å². The zero-order chi connectivity index (χ0) is 23.7. The third-order valence-electron chi connectivity index (χ3n) is 6.84. The maximum Gasteiger partial charge on any atom is 0.329 e. The lowest BCUT2D eigenvalue weighted by Gasteiger charge is -2.28. The van der Waals surface area contributed by atoms with E-state index in [9.17, 15) is 4.79 Å². The standard InChI is InChI=1S/C26H33N7O/c1-4-31-17-12-19(2)33(26(34)28-24-13-16-30(3)29-24)25-23(31)11-10-22(27-25)20-8-7-9-21(18-20)32-14-5-6-15-32/h7-11,13,16,18-19H,4-6,12,14-15,17H2,1-3H3,(H,28,29,34)/t19-/m1/s1. The quantitative estimate of drug-likeness (QED) is 0.610. The Hall–Kier alpha value is -3.55. The molecule has 4 heterocycles. The molecule has 2 aliphatic rings. The van der Waals surface area contributed by atoms with Gasteiger partial charge >= 0.3 is 6.03 Å². The fourth-order valence-corrected chi connectivity index (χ4v) is 4.94. The van der Waals surface area contributed by atoms with Crippen LogP contribution >= 0.6 is 0 Å². The fourth-order valence-electron chi connectivity index (χ4n) is 4.94. The van der Waals surface area contributed by atoms with Gasteiger partial charge in [0, 0.05) is 62.8 Å². The van der Waals surface area contributed by atoms with Crippen molar-refractivity contribution in [2.75, 3.05) is 46.2 Å². The lowest BCUT2D eigenvalue weighted by atomic mass is 10.1. The lowest BCUT2D eigenvalue weighted by molar-refractivity contribution is 0.255. The molecule has 0 radical (unpaired) electrons. The molecular weight excluding hydrogens is 426 g/mol. The average molecular weight is 460 g/mol. The molecule has 2 aromatic heterocycles. The minimum Gasteiger partial charge on any atom is -0.372 e. The first-order chi connectivity index (χ1) is 16.5. The molecule has 1 aromatic carbocycles. The van der Waals surface area contributed by atoms with E-state index in [2.05, 4.69) is 70.5 Å². The smallest absolute Gasteiger partial charge is 0.329 e. The summed E-state index contributed by atoms with van der Waals surface area (Å²) in [6.45, 7) is 8.18. The maximum atomic E-state index is 13.5. The third-order valence-corrected chi connectivity index (χ3v) is 6.84. The van der Waals surface area contributed by atoms with Crippen LogP contribution in [0.4, 0.5) is 27.8 Å². The molecule has 1 saturated heterocycles. The monoisotopic (exact) mass is 459 g/mol. The van der Waals surface area contributed by atoms with E-state index in [4.69, 9.17) is 4.98 Å². The van der Waals surface area contributed by atoms with E-state index in [-0.39, 0.29) is 12.1 Å². The van der Waals surface area contributed by atoms with Gasteiger partial charge in [0.25, 0.3) is 0 Å². The van der Waals surface area contributed by atoms with Crippen LogP contribution in [0.2, 0.25) is 0 Å². The van der Waals surface area contributed by atoms with Gasteiger partial charge in [-0.2, -0.15) is 5.10 Å². The Labute approximate surface area is 201 Å². The number of aryl methyl sites for hydroxylation is 1. The van der Waals surface area contributed by atoms with Gasteiger partial charge in [-0.25, -0.2) is 9.78 Å². The second-order valence-corrected chi connectivity index (χ2v) is 9.18. The number of fused-ring (bicyclic) bond motifs is 1. The number of nitrogens with zero attached hydrogens (tertiary/aromatic N) is 6. The molecule has 0 unspecified atom stereocenters. The summed E-state index contributed by atoms with van der Waals surface area (Å²) in [5.74, 6) is 1.23. The summed E-state index contributed by atoms with van der Waals surface area (Å²) in [6, 6.07) is 14.4. The Kier molecular flexibility index (Phi) is 6.13. The summed E-state index contributed by atoms with van der Waals surface area (Å²) in [4.78, 5) is 25.1. The second kappa shape index (κ2) is 9.37. The van der Waals surface area contributed by atoms with Crippen LogP contribution in [0.5, 0.6) is 0 Å². The van der Waals surface area contributed by atoms with Crippen LogP contribution in [0.25, 0.3) is 11.3 Å². The highest BCUT2D eigenvalue weighted by molar-refractivity contribution is 6.03. The average Bonchev–Trinajstić information content (AvgIpc) is 3.49. The molecular formula is C26H33N7O. The van der Waals surface area contributed by atoms with Crippen molar-refractivity contribution in [2.45, 2.75) is 39.2 Å². The molecule has 1 atom stereocenters. The molecule has 1 N–H and O–H groups in total. The molecule has 0 aliphatic carbocycles. The largest absolute Gasteiger partial charge is 0.372 e. The van der Waals surface area contributed by atoms with Crippen molar-refractivity contribution in [3.05, 3.63) is 48.7 Å². The summed E-state index contributed by atoms with van der Waals surface area (Å²) in [7, 11) is 1.84. The van der Waals surface area contributed by atoms with Crippen LogP contribution < -0.4 is 20.0 Å². The first-order valence-corrected chi connectivity index (χ1v) is 12.2. The first-order valence-electron chi connectivity index (χ1n) is 12.2. The van der Waals surface area contributed by atoms with E-state index < -0.39 is 0 Å². The summed E-state index contributed by atoms with van der Waals surface area (Å²) in [5, 5.41) is 7.28. The Morgan fingerprint density at radius 3 is 2.68 bits per heavy atom. The van der Waals surface area contributed by atoms with Crippen molar-refractivity contribution >= 4 is 29.0 Å². The van der Waals surface area contributed by atoms with E-state index in [0.29, 0.717) is 11.6 Å². The molecule has 1 fully saturated rings. The number of carbonyl (C=O) groups is 1. The number of carbonyl (C=O) groups excluding carboxylic acids is 1. The first kappa shape index (κ1) is 22.3. The van der Waals surface area contributed by atoms with Gasteiger partial charge in [0.15, 0.2) is 11.6 Å². The van der Waals surface area contributed by atoms with E-state index in [1.54, 1.807) is 15.6 Å². The predicted molar refractivity (Wildman–Crippen MR) is 138 cm³/mol. The molecule has 5 rings (SSSR count). The SMILES string of the molecule is CCN1CC[C@@H](C)N(C(=O)Nc2ccn(C)n2)c2nc(-c3cccc(N4CCCC4)c3)ccc21. The highest BCUT2D eigenvalue weighted by Gasteiger charge is 2.31. The molecule has 0 bridgehead atoms. The van der Waals surface area contributed by atoms with Crippen molar-refractivity contribution in [2.24, 2.45) is 7.05 Å². The fraction of sp³-hybridized carbons (Fsp3) is 0.423. The second-order valence-electron chi connectivity index (χ2n) is 9.18. The van der Waals surface area contributed by atoms with Crippen molar-refractivity contribution in [1.29, 1.82) is 0 Å². The Bertz CT molecular complexity index is 1170. The van der Waals surface area contributed by atoms with Gasteiger partial charge < -0.3 is 9.80 Å². The third kappa shape index (κ3) is 4.32. The summed E-state index contributed by atoms with van der Waals surface area (Å²) in [6.07, 6.45) is 5.16. The molecule has 2 amide bonds. The highest BCUT2D eigenvalue weighted by Crippen LogP contribution is 2.36. The number of aromatic nitrogens is 3. The molecule has 2 aliphatic heterocycles. The van der Waals surface area contributed by atoms with Crippen molar-refractivity contribution in [1.82, 2.24) is 14.8 Å². The van der Waals surface area contributed by atoms with Crippen LogP contribution in [-0.2, 0) is 7.05 Å².